The molecular weight excluding hydrogens is 326 g/mol. The van der Waals surface area contributed by atoms with Crippen molar-refractivity contribution in [2.75, 3.05) is 16.8 Å². The van der Waals surface area contributed by atoms with Gasteiger partial charge in [-0.2, -0.15) is 5.26 Å². The maximum Gasteiger partial charge on any atom is 0.229 e. The van der Waals surface area contributed by atoms with Gasteiger partial charge in [0.05, 0.1) is 17.6 Å². The second-order valence-electron chi connectivity index (χ2n) is 6.80. The van der Waals surface area contributed by atoms with Crippen LogP contribution in [-0.4, -0.2) is 18.4 Å². The van der Waals surface area contributed by atoms with Gasteiger partial charge >= 0.3 is 0 Å². The predicted molar refractivity (Wildman–Crippen MR) is 101 cm³/mol. The molecule has 132 valence electrons. The van der Waals surface area contributed by atoms with Gasteiger partial charge in [0.2, 0.25) is 11.8 Å². The second-order valence-corrected chi connectivity index (χ2v) is 6.80. The fraction of sp³-hybridized carbons (Fsp3) is 0.286. The Kier molecular flexibility index (Phi) is 5.04. The molecule has 0 radical (unpaired) electrons. The predicted octanol–water partition coefficient (Wildman–Crippen LogP) is 3.67. The molecule has 5 nitrogen and oxygen atoms in total. The number of nitrogens with one attached hydrogen (secondary N) is 1. The highest BCUT2D eigenvalue weighted by atomic mass is 16.2. The van der Waals surface area contributed by atoms with Crippen LogP contribution >= 0.6 is 0 Å². The summed E-state index contributed by atoms with van der Waals surface area (Å²) in [6, 6.07) is 16.6. The molecule has 1 heterocycles. The Labute approximate surface area is 153 Å². The Hall–Kier alpha value is -3.13. The summed E-state index contributed by atoms with van der Waals surface area (Å²) in [6.07, 6.45) is 0.203. The zero-order valence-electron chi connectivity index (χ0n) is 14.9. The van der Waals surface area contributed by atoms with Crippen LogP contribution in [0.1, 0.15) is 37.3 Å². The molecule has 0 aromatic heterocycles. The molecule has 3 rings (SSSR count). The average molecular weight is 347 g/mol. The van der Waals surface area contributed by atoms with Crippen LogP contribution in [0.5, 0.6) is 0 Å². The third kappa shape index (κ3) is 3.60. The van der Waals surface area contributed by atoms with Crippen molar-refractivity contribution >= 4 is 23.2 Å². The van der Waals surface area contributed by atoms with Gasteiger partial charge < -0.3 is 10.2 Å². The molecule has 5 heteroatoms. The number of rotatable bonds is 4. The molecule has 1 atom stereocenters. The monoisotopic (exact) mass is 347 g/mol. The third-order valence-corrected chi connectivity index (χ3v) is 4.63. The summed E-state index contributed by atoms with van der Waals surface area (Å²) in [5.41, 5.74) is 3.16. The Balaban J connectivity index is 1.73. The van der Waals surface area contributed by atoms with E-state index in [0.29, 0.717) is 23.7 Å². The lowest BCUT2D eigenvalue weighted by molar-refractivity contribution is -0.122. The molecular formula is C21H21N3O2. The normalized spacial score (nSPS) is 16.6. The van der Waals surface area contributed by atoms with E-state index in [4.69, 9.17) is 5.26 Å². The smallest absolute Gasteiger partial charge is 0.229 e. The Morgan fingerprint density at radius 1 is 1.19 bits per heavy atom. The van der Waals surface area contributed by atoms with Crippen molar-refractivity contribution in [2.45, 2.75) is 26.2 Å². The van der Waals surface area contributed by atoms with Crippen LogP contribution < -0.4 is 10.2 Å². The van der Waals surface area contributed by atoms with Gasteiger partial charge in [-0.15, -0.1) is 0 Å². The highest BCUT2D eigenvalue weighted by Gasteiger charge is 2.36. The number of para-hydroxylation sites is 1. The molecule has 2 amide bonds. The number of hydrogen-bond donors (Lipinski definition) is 1. The van der Waals surface area contributed by atoms with Crippen molar-refractivity contribution in [1.82, 2.24) is 0 Å². The first-order valence-electron chi connectivity index (χ1n) is 8.70. The Bertz CT molecular complexity index is 866. The first-order valence-corrected chi connectivity index (χ1v) is 8.70. The molecule has 1 aliphatic rings. The van der Waals surface area contributed by atoms with Crippen molar-refractivity contribution in [3.05, 3.63) is 59.7 Å². The maximum atomic E-state index is 12.6. The molecule has 1 N–H and O–H groups in total. The minimum Gasteiger partial charge on any atom is -0.326 e. The van der Waals surface area contributed by atoms with E-state index in [0.717, 1.165) is 11.3 Å². The summed E-state index contributed by atoms with van der Waals surface area (Å²) < 4.78 is 0. The van der Waals surface area contributed by atoms with E-state index in [2.05, 4.69) is 19.2 Å². The number of hydrogen-bond acceptors (Lipinski definition) is 3. The number of carbonyl (C=O) groups is 2. The lowest BCUT2D eigenvalue weighted by Crippen LogP contribution is -2.28. The van der Waals surface area contributed by atoms with Gasteiger partial charge in [-0.05, 0) is 41.8 Å². The van der Waals surface area contributed by atoms with Gasteiger partial charge in [-0.3, -0.25) is 9.59 Å². The molecule has 1 aliphatic heterocycles. The molecule has 0 aliphatic carbocycles. The van der Waals surface area contributed by atoms with Crippen LogP contribution in [0.15, 0.2) is 48.5 Å². The molecule has 2 aromatic rings. The van der Waals surface area contributed by atoms with Crippen molar-refractivity contribution in [2.24, 2.45) is 5.92 Å². The van der Waals surface area contributed by atoms with Crippen LogP contribution in [0, 0.1) is 17.2 Å². The van der Waals surface area contributed by atoms with Crippen molar-refractivity contribution < 1.29 is 9.59 Å². The molecule has 1 unspecified atom stereocenters. The fourth-order valence-corrected chi connectivity index (χ4v) is 3.21. The van der Waals surface area contributed by atoms with Gasteiger partial charge in [0.25, 0.3) is 0 Å². The van der Waals surface area contributed by atoms with Crippen LogP contribution in [0.25, 0.3) is 0 Å². The molecule has 1 fully saturated rings. The molecule has 0 saturated carbocycles. The zero-order chi connectivity index (χ0) is 18.7. The molecule has 2 aromatic carbocycles. The largest absolute Gasteiger partial charge is 0.326 e. The lowest BCUT2D eigenvalue weighted by Gasteiger charge is -2.22. The van der Waals surface area contributed by atoms with Gasteiger partial charge in [0.15, 0.2) is 0 Å². The average Bonchev–Trinajstić information content (AvgIpc) is 3.04. The highest BCUT2D eigenvalue weighted by Crippen LogP contribution is 2.32. The first-order chi connectivity index (χ1) is 12.5. The summed E-state index contributed by atoms with van der Waals surface area (Å²) in [6.45, 7) is 4.56. The number of benzene rings is 2. The zero-order valence-corrected chi connectivity index (χ0v) is 14.9. The van der Waals surface area contributed by atoms with E-state index in [9.17, 15) is 9.59 Å². The minimum absolute atomic E-state index is 0.0296. The molecule has 26 heavy (non-hydrogen) atoms. The van der Waals surface area contributed by atoms with E-state index in [-0.39, 0.29) is 18.2 Å². The van der Waals surface area contributed by atoms with E-state index < -0.39 is 5.92 Å². The summed E-state index contributed by atoms with van der Waals surface area (Å²) in [7, 11) is 0. The van der Waals surface area contributed by atoms with E-state index in [1.807, 2.05) is 30.3 Å². The highest BCUT2D eigenvalue weighted by molar-refractivity contribution is 6.03. The standard InChI is InChI=1S/C21H21N3O2/c1-14(2)18-5-3-4-6-19(18)24-13-16(11-20(24)25)21(26)23-17-9-7-15(12-22)8-10-17/h3-10,14,16H,11,13H2,1-2H3,(H,23,26). The molecule has 0 spiro atoms. The summed E-state index contributed by atoms with van der Waals surface area (Å²) in [5.74, 6) is -0.297. The maximum absolute atomic E-state index is 12.6. The number of amides is 2. The quantitative estimate of drug-likeness (QED) is 0.917. The summed E-state index contributed by atoms with van der Waals surface area (Å²) >= 11 is 0. The number of carbonyl (C=O) groups excluding carboxylic acids is 2. The number of nitrogens with zero attached hydrogens (tertiary/aromatic N) is 2. The van der Waals surface area contributed by atoms with E-state index in [1.54, 1.807) is 29.2 Å². The molecule has 1 saturated heterocycles. The van der Waals surface area contributed by atoms with Crippen LogP contribution in [0.4, 0.5) is 11.4 Å². The first kappa shape index (κ1) is 17.7. The van der Waals surface area contributed by atoms with Crippen LogP contribution in [0.2, 0.25) is 0 Å². The van der Waals surface area contributed by atoms with E-state index >= 15 is 0 Å². The summed E-state index contributed by atoms with van der Waals surface area (Å²) in [5, 5.41) is 11.7. The number of nitriles is 1. The van der Waals surface area contributed by atoms with Gasteiger partial charge in [-0.1, -0.05) is 32.0 Å². The molecule has 0 bridgehead atoms. The van der Waals surface area contributed by atoms with Gasteiger partial charge in [0.1, 0.15) is 0 Å². The van der Waals surface area contributed by atoms with Crippen molar-refractivity contribution in [3.8, 4) is 6.07 Å². The number of anilines is 2. The fourth-order valence-electron chi connectivity index (χ4n) is 3.21. The van der Waals surface area contributed by atoms with Crippen LogP contribution in [-0.2, 0) is 9.59 Å². The Morgan fingerprint density at radius 2 is 1.88 bits per heavy atom. The SMILES string of the molecule is CC(C)c1ccccc1N1CC(C(=O)Nc2ccc(C#N)cc2)CC1=O. The minimum atomic E-state index is -0.390. The van der Waals surface area contributed by atoms with Crippen molar-refractivity contribution in [1.29, 1.82) is 5.26 Å². The van der Waals surface area contributed by atoms with Gasteiger partial charge in [-0.25, -0.2) is 0 Å². The van der Waals surface area contributed by atoms with Crippen molar-refractivity contribution in [3.63, 3.8) is 0 Å². The topological polar surface area (TPSA) is 73.2 Å². The van der Waals surface area contributed by atoms with E-state index in [1.165, 1.54) is 0 Å². The van der Waals surface area contributed by atoms with Crippen LogP contribution in [0.3, 0.4) is 0 Å². The Morgan fingerprint density at radius 3 is 2.54 bits per heavy atom. The third-order valence-electron chi connectivity index (χ3n) is 4.63. The lowest BCUT2D eigenvalue weighted by atomic mass is 10.0. The summed E-state index contributed by atoms with van der Waals surface area (Å²) in [4.78, 5) is 26.8. The second kappa shape index (κ2) is 7.40. The van der Waals surface area contributed by atoms with Gasteiger partial charge in [0, 0.05) is 24.3 Å².